The third-order valence-electron chi connectivity index (χ3n) is 2.33. The summed E-state index contributed by atoms with van der Waals surface area (Å²) in [6, 6.07) is 3.04. The van der Waals surface area contributed by atoms with Gasteiger partial charge in [-0.1, -0.05) is 11.6 Å². The van der Waals surface area contributed by atoms with Gasteiger partial charge in [0.15, 0.2) is 0 Å². The normalized spacial score (nSPS) is 19.6. The molecule has 1 unspecified atom stereocenters. The number of benzene rings is 1. The number of carbonyl (C=O) groups is 1. The predicted octanol–water partition coefficient (Wildman–Crippen LogP) is 2.11. The zero-order valence-electron chi connectivity index (χ0n) is 7.37. The topological polar surface area (TPSA) is 46.5 Å². The van der Waals surface area contributed by atoms with Gasteiger partial charge in [-0.05, 0) is 12.5 Å². The molecule has 4 heteroatoms. The number of phenols is 1. The van der Waals surface area contributed by atoms with Crippen LogP contribution >= 0.6 is 11.6 Å². The van der Waals surface area contributed by atoms with E-state index in [9.17, 15) is 9.90 Å². The number of aldehydes is 1. The first-order valence-corrected chi connectivity index (χ1v) is 4.70. The van der Waals surface area contributed by atoms with Crippen molar-refractivity contribution in [1.82, 2.24) is 0 Å². The SMILES string of the molecule is O=CC1CCOc2cc(O)c(Cl)cc21. The Kier molecular flexibility index (Phi) is 2.33. The van der Waals surface area contributed by atoms with E-state index in [1.165, 1.54) is 6.07 Å². The minimum Gasteiger partial charge on any atom is -0.506 e. The van der Waals surface area contributed by atoms with Gasteiger partial charge in [-0.3, -0.25) is 0 Å². The van der Waals surface area contributed by atoms with Gasteiger partial charge in [-0.25, -0.2) is 0 Å². The van der Waals surface area contributed by atoms with Gasteiger partial charge in [0.1, 0.15) is 17.8 Å². The van der Waals surface area contributed by atoms with E-state index < -0.39 is 0 Å². The molecule has 0 aliphatic carbocycles. The first-order valence-electron chi connectivity index (χ1n) is 4.33. The van der Waals surface area contributed by atoms with Gasteiger partial charge in [-0.15, -0.1) is 0 Å². The fourth-order valence-electron chi connectivity index (χ4n) is 1.57. The summed E-state index contributed by atoms with van der Waals surface area (Å²) in [5.41, 5.74) is 0.758. The molecule has 0 amide bonds. The van der Waals surface area contributed by atoms with E-state index in [2.05, 4.69) is 0 Å². The third kappa shape index (κ3) is 1.44. The van der Waals surface area contributed by atoms with Crippen LogP contribution in [0.1, 0.15) is 17.9 Å². The lowest BCUT2D eigenvalue weighted by Gasteiger charge is -2.22. The van der Waals surface area contributed by atoms with Gasteiger partial charge in [-0.2, -0.15) is 0 Å². The van der Waals surface area contributed by atoms with Crippen LogP contribution in [0.25, 0.3) is 0 Å². The molecule has 1 N–H and O–H groups in total. The first-order chi connectivity index (χ1) is 6.72. The molecule has 1 atom stereocenters. The average molecular weight is 213 g/mol. The summed E-state index contributed by atoms with van der Waals surface area (Å²) in [5.74, 6) is 0.365. The Morgan fingerprint density at radius 1 is 1.57 bits per heavy atom. The van der Waals surface area contributed by atoms with Crippen LogP contribution in [0.2, 0.25) is 5.02 Å². The van der Waals surface area contributed by atoms with Crippen molar-refractivity contribution < 1.29 is 14.6 Å². The maximum absolute atomic E-state index is 10.8. The monoisotopic (exact) mass is 212 g/mol. The van der Waals surface area contributed by atoms with Crippen molar-refractivity contribution in [3.8, 4) is 11.5 Å². The molecule has 0 saturated heterocycles. The standard InChI is InChI=1S/C10H9ClO3/c11-8-3-7-6(5-12)1-2-14-10(7)4-9(8)13/h3-6,13H,1-2H2. The highest BCUT2D eigenvalue weighted by molar-refractivity contribution is 6.32. The number of halogens is 1. The lowest BCUT2D eigenvalue weighted by atomic mass is 9.94. The van der Waals surface area contributed by atoms with Crippen molar-refractivity contribution in [1.29, 1.82) is 0 Å². The number of ether oxygens (including phenoxy) is 1. The molecule has 3 nitrogen and oxygen atoms in total. The molecule has 1 aromatic carbocycles. The van der Waals surface area contributed by atoms with Crippen molar-refractivity contribution >= 4 is 17.9 Å². The van der Waals surface area contributed by atoms with Gasteiger partial charge in [0.25, 0.3) is 0 Å². The van der Waals surface area contributed by atoms with E-state index in [0.717, 1.165) is 11.8 Å². The summed E-state index contributed by atoms with van der Waals surface area (Å²) >= 11 is 5.75. The van der Waals surface area contributed by atoms with Crippen LogP contribution in [-0.4, -0.2) is 18.0 Å². The van der Waals surface area contributed by atoms with Crippen LogP contribution in [-0.2, 0) is 4.79 Å². The molecular formula is C10H9ClO3. The largest absolute Gasteiger partial charge is 0.506 e. The second-order valence-electron chi connectivity index (χ2n) is 3.22. The Hall–Kier alpha value is -1.22. The van der Waals surface area contributed by atoms with Crippen molar-refractivity contribution in [2.45, 2.75) is 12.3 Å². The molecular weight excluding hydrogens is 204 g/mol. The molecule has 0 aromatic heterocycles. The maximum atomic E-state index is 10.8. The first kappa shape index (κ1) is 9.34. The maximum Gasteiger partial charge on any atom is 0.137 e. The minimum atomic E-state index is -0.170. The predicted molar refractivity (Wildman–Crippen MR) is 52.0 cm³/mol. The molecule has 1 aliphatic rings. The second kappa shape index (κ2) is 3.50. The van der Waals surface area contributed by atoms with Gasteiger partial charge < -0.3 is 14.6 Å². The molecule has 1 aromatic rings. The second-order valence-corrected chi connectivity index (χ2v) is 3.63. The fraction of sp³-hybridized carbons (Fsp3) is 0.300. The smallest absolute Gasteiger partial charge is 0.137 e. The number of fused-ring (bicyclic) bond motifs is 1. The number of phenolic OH excluding ortho intramolecular Hbond substituents is 1. The van der Waals surface area contributed by atoms with E-state index in [0.29, 0.717) is 18.8 Å². The molecule has 74 valence electrons. The fourth-order valence-corrected chi connectivity index (χ4v) is 1.74. The Morgan fingerprint density at radius 2 is 2.36 bits per heavy atom. The zero-order valence-corrected chi connectivity index (χ0v) is 8.12. The number of carbonyl (C=O) groups excluding carboxylic acids is 1. The van der Waals surface area contributed by atoms with E-state index in [-0.39, 0.29) is 16.7 Å². The highest BCUT2D eigenvalue weighted by atomic mass is 35.5. The van der Waals surface area contributed by atoms with Gasteiger partial charge in [0, 0.05) is 17.5 Å². The van der Waals surface area contributed by atoms with E-state index in [4.69, 9.17) is 16.3 Å². The van der Waals surface area contributed by atoms with Crippen molar-refractivity contribution in [2.24, 2.45) is 0 Å². The van der Waals surface area contributed by atoms with Crippen LogP contribution in [0, 0.1) is 0 Å². The average Bonchev–Trinajstić information content (AvgIpc) is 2.19. The molecule has 0 bridgehead atoms. The van der Waals surface area contributed by atoms with Gasteiger partial charge in [0.05, 0.1) is 11.6 Å². The Balaban J connectivity index is 2.52. The summed E-state index contributed by atoms with van der Waals surface area (Å²) in [6.45, 7) is 0.497. The molecule has 0 fully saturated rings. The third-order valence-corrected chi connectivity index (χ3v) is 2.63. The highest BCUT2D eigenvalue weighted by Gasteiger charge is 2.22. The molecule has 2 rings (SSSR count). The number of hydrogen-bond acceptors (Lipinski definition) is 3. The molecule has 1 aliphatic heterocycles. The number of hydrogen-bond donors (Lipinski definition) is 1. The quantitative estimate of drug-likeness (QED) is 0.726. The van der Waals surface area contributed by atoms with E-state index in [1.807, 2.05) is 0 Å². The number of rotatable bonds is 1. The summed E-state index contributed by atoms with van der Waals surface area (Å²) < 4.78 is 5.31. The van der Waals surface area contributed by atoms with E-state index in [1.54, 1.807) is 6.07 Å². The number of aromatic hydroxyl groups is 1. The van der Waals surface area contributed by atoms with E-state index >= 15 is 0 Å². The van der Waals surface area contributed by atoms with Crippen molar-refractivity contribution in [3.05, 3.63) is 22.7 Å². The Labute approximate surface area is 86.3 Å². The van der Waals surface area contributed by atoms with Crippen molar-refractivity contribution in [3.63, 3.8) is 0 Å². The van der Waals surface area contributed by atoms with Gasteiger partial charge in [0.2, 0.25) is 0 Å². The molecule has 0 spiro atoms. The van der Waals surface area contributed by atoms with Crippen LogP contribution in [0.4, 0.5) is 0 Å². The summed E-state index contributed by atoms with van der Waals surface area (Å²) in [6.07, 6.45) is 1.55. The van der Waals surface area contributed by atoms with Crippen LogP contribution in [0.15, 0.2) is 12.1 Å². The van der Waals surface area contributed by atoms with Crippen molar-refractivity contribution in [2.75, 3.05) is 6.61 Å². The molecule has 14 heavy (non-hydrogen) atoms. The molecule has 0 saturated carbocycles. The van der Waals surface area contributed by atoms with Crippen LogP contribution < -0.4 is 4.74 Å². The van der Waals surface area contributed by atoms with Crippen LogP contribution in [0.3, 0.4) is 0 Å². The molecule has 0 radical (unpaired) electrons. The van der Waals surface area contributed by atoms with Gasteiger partial charge >= 0.3 is 0 Å². The molecule has 1 heterocycles. The highest BCUT2D eigenvalue weighted by Crippen LogP contribution is 2.38. The summed E-state index contributed by atoms with van der Waals surface area (Å²) in [4.78, 5) is 10.8. The Bertz CT molecular complexity index is 376. The lowest BCUT2D eigenvalue weighted by Crippen LogP contribution is -2.14. The zero-order chi connectivity index (χ0) is 10.1. The Morgan fingerprint density at radius 3 is 3.07 bits per heavy atom. The lowest BCUT2D eigenvalue weighted by molar-refractivity contribution is -0.109. The minimum absolute atomic E-state index is 0.0167. The van der Waals surface area contributed by atoms with Crippen LogP contribution in [0.5, 0.6) is 11.5 Å². The summed E-state index contributed by atoms with van der Waals surface area (Å²) in [5, 5.41) is 9.58. The summed E-state index contributed by atoms with van der Waals surface area (Å²) in [7, 11) is 0.